The molecule has 2 aromatic carbocycles. The van der Waals surface area contributed by atoms with Crippen LogP contribution in [-0.4, -0.2) is 63.7 Å². The van der Waals surface area contributed by atoms with Crippen molar-refractivity contribution in [3.8, 4) is 5.75 Å². The Morgan fingerprint density at radius 2 is 1.39 bits per heavy atom. The number of nitrogens with one attached hydrogen (secondary N) is 2. The van der Waals surface area contributed by atoms with Gasteiger partial charge >= 0.3 is 12.1 Å². The number of carbonyl (C=O) groups excluding carboxylic acids is 4. The first-order valence-electron chi connectivity index (χ1n) is 16.2. The molecule has 0 bridgehead atoms. The summed E-state index contributed by atoms with van der Waals surface area (Å²) in [6.07, 6.45) is 3.80. The Bertz CT molecular complexity index is 1280. The summed E-state index contributed by atoms with van der Waals surface area (Å²) in [5, 5.41) is 16.4. The highest BCUT2D eigenvalue weighted by Crippen LogP contribution is 2.30. The van der Waals surface area contributed by atoms with Gasteiger partial charge in [0.2, 0.25) is 11.8 Å². The van der Waals surface area contributed by atoms with E-state index in [0.29, 0.717) is 6.42 Å². The van der Waals surface area contributed by atoms with E-state index in [1.54, 1.807) is 59.7 Å². The van der Waals surface area contributed by atoms with E-state index >= 15 is 0 Å². The molecule has 10 heteroatoms. The number of alkyl carbamates (subject to hydrolysis) is 1. The molecule has 0 fully saturated rings. The van der Waals surface area contributed by atoms with Crippen molar-refractivity contribution in [2.75, 3.05) is 6.54 Å². The second kappa shape index (κ2) is 17.6. The first-order chi connectivity index (χ1) is 21.5. The quantitative estimate of drug-likeness (QED) is 0.156. The molecule has 0 spiro atoms. The average molecular weight is 640 g/mol. The number of esters is 1. The summed E-state index contributed by atoms with van der Waals surface area (Å²) in [7, 11) is 0. The number of unbranched alkanes of at least 4 members (excludes halogenated alkanes) is 4. The zero-order valence-electron chi connectivity index (χ0n) is 28.7. The molecule has 0 saturated carbocycles. The lowest BCUT2D eigenvalue weighted by atomic mass is 9.99. The van der Waals surface area contributed by atoms with Gasteiger partial charge in [-0.2, -0.15) is 0 Å². The summed E-state index contributed by atoms with van der Waals surface area (Å²) in [5.41, 5.74) is -0.595. The van der Waals surface area contributed by atoms with Crippen molar-refractivity contribution in [1.82, 2.24) is 15.5 Å². The molecule has 3 amide bonds. The van der Waals surface area contributed by atoms with Crippen molar-refractivity contribution < 1.29 is 33.8 Å². The average Bonchev–Trinajstić information content (AvgIpc) is 2.95. The second-order valence-electron chi connectivity index (χ2n) is 13.6. The summed E-state index contributed by atoms with van der Waals surface area (Å²) in [6, 6.07) is 12.1. The molecule has 0 aromatic heterocycles. The number of aromatic hydroxyl groups is 1. The number of carbonyl (C=O) groups is 4. The zero-order valence-corrected chi connectivity index (χ0v) is 28.7. The standard InChI is InChI=1S/C36H53N3O7/c1-9-10-11-12-18-23-39(32(42)25(2)37-34(44)46-36(6,7)8)30(27-21-16-17-22-29(27)40)31(41)38-28(33(43)45-35(3,4)5)24-26-19-14-13-15-20-26/h13-17,19-22,25,28,30,40H,9-12,18,23-24H2,1-8H3,(H,37,44)(H,38,41). The fourth-order valence-electron chi connectivity index (χ4n) is 4.88. The minimum absolute atomic E-state index is 0.149. The Morgan fingerprint density at radius 1 is 0.804 bits per heavy atom. The van der Waals surface area contributed by atoms with Gasteiger partial charge in [-0.15, -0.1) is 0 Å². The lowest BCUT2D eigenvalue weighted by molar-refractivity contribution is -0.159. The van der Waals surface area contributed by atoms with Crippen LogP contribution in [0, 0.1) is 0 Å². The molecule has 3 atom stereocenters. The van der Waals surface area contributed by atoms with Crippen molar-refractivity contribution in [3.63, 3.8) is 0 Å². The van der Waals surface area contributed by atoms with Crippen LogP contribution in [0.15, 0.2) is 54.6 Å². The lowest BCUT2D eigenvalue weighted by Crippen LogP contribution is -2.54. The first kappa shape index (κ1) is 38.1. The predicted octanol–water partition coefficient (Wildman–Crippen LogP) is 6.21. The molecule has 0 aliphatic carbocycles. The predicted molar refractivity (Wildman–Crippen MR) is 178 cm³/mol. The largest absolute Gasteiger partial charge is 0.508 e. The van der Waals surface area contributed by atoms with E-state index in [1.807, 2.05) is 30.3 Å². The Balaban J connectivity index is 2.54. The molecule has 0 aliphatic rings. The van der Waals surface area contributed by atoms with E-state index in [2.05, 4.69) is 17.6 Å². The third-order valence-corrected chi connectivity index (χ3v) is 6.97. The molecular formula is C36H53N3O7. The number of phenols is 1. The van der Waals surface area contributed by atoms with Crippen molar-refractivity contribution >= 4 is 23.9 Å². The number of rotatable bonds is 15. The van der Waals surface area contributed by atoms with Gasteiger partial charge in [0.15, 0.2) is 0 Å². The van der Waals surface area contributed by atoms with Crippen LogP contribution in [0.5, 0.6) is 5.75 Å². The number of para-hydroxylation sites is 1. The first-order valence-corrected chi connectivity index (χ1v) is 16.2. The Hall–Kier alpha value is -4.08. The summed E-state index contributed by atoms with van der Waals surface area (Å²) in [4.78, 5) is 55.8. The zero-order chi connectivity index (χ0) is 34.5. The van der Waals surface area contributed by atoms with E-state index in [-0.39, 0.29) is 24.3 Å². The number of nitrogens with zero attached hydrogens (tertiary/aromatic N) is 1. The number of hydrogen-bond donors (Lipinski definition) is 3. The van der Waals surface area contributed by atoms with Gasteiger partial charge in [-0.25, -0.2) is 9.59 Å². The smallest absolute Gasteiger partial charge is 0.408 e. The normalized spacial score (nSPS) is 13.6. The minimum atomic E-state index is -1.32. The van der Waals surface area contributed by atoms with Crippen LogP contribution in [0.4, 0.5) is 4.79 Å². The third kappa shape index (κ3) is 13.1. The number of benzene rings is 2. The van der Waals surface area contributed by atoms with Gasteiger partial charge in [0, 0.05) is 18.5 Å². The molecule has 2 rings (SSSR count). The SMILES string of the molecule is CCCCCCCN(C(=O)C(C)NC(=O)OC(C)(C)C)C(C(=O)NC(Cc1ccccc1)C(=O)OC(C)(C)C)c1ccccc1O. The van der Waals surface area contributed by atoms with Crippen LogP contribution in [0.25, 0.3) is 0 Å². The van der Waals surface area contributed by atoms with E-state index in [4.69, 9.17) is 9.47 Å². The van der Waals surface area contributed by atoms with Gasteiger partial charge in [0.1, 0.15) is 35.1 Å². The Labute approximate surface area is 274 Å². The maximum atomic E-state index is 14.3. The van der Waals surface area contributed by atoms with Crippen LogP contribution in [-0.2, 0) is 30.3 Å². The fraction of sp³-hybridized carbons (Fsp3) is 0.556. The van der Waals surface area contributed by atoms with Crippen molar-refractivity contribution in [1.29, 1.82) is 0 Å². The molecule has 254 valence electrons. The third-order valence-electron chi connectivity index (χ3n) is 6.97. The van der Waals surface area contributed by atoms with Crippen LogP contribution < -0.4 is 10.6 Å². The molecule has 10 nitrogen and oxygen atoms in total. The van der Waals surface area contributed by atoms with Crippen LogP contribution >= 0.6 is 0 Å². The molecule has 2 aromatic rings. The van der Waals surface area contributed by atoms with Crippen LogP contribution in [0.1, 0.15) is 105 Å². The van der Waals surface area contributed by atoms with Crippen LogP contribution in [0.3, 0.4) is 0 Å². The fourth-order valence-corrected chi connectivity index (χ4v) is 4.88. The van der Waals surface area contributed by atoms with E-state index in [0.717, 1.165) is 31.2 Å². The van der Waals surface area contributed by atoms with Gasteiger partial charge < -0.3 is 30.1 Å². The monoisotopic (exact) mass is 639 g/mol. The molecule has 3 N–H and O–H groups in total. The molecular weight excluding hydrogens is 586 g/mol. The topological polar surface area (TPSA) is 134 Å². The van der Waals surface area contributed by atoms with Crippen molar-refractivity contribution in [2.45, 2.75) is 123 Å². The van der Waals surface area contributed by atoms with Gasteiger partial charge in [-0.1, -0.05) is 81.1 Å². The summed E-state index contributed by atoms with van der Waals surface area (Å²) in [5.74, 6) is -2.02. The maximum Gasteiger partial charge on any atom is 0.408 e. The summed E-state index contributed by atoms with van der Waals surface area (Å²) < 4.78 is 11.0. The van der Waals surface area contributed by atoms with Gasteiger partial charge in [0.05, 0.1) is 0 Å². The minimum Gasteiger partial charge on any atom is -0.508 e. The number of phenolic OH excluding ortho intramolecular Hbond substituents is 1. The molecule has 0 saturated heterocycles. The van der Waals surface area contributed by atoms with E-state index < -0.39 is 53.2 Å². The van der Waals surface area contributed by atoms with Gasteiger partial charge in [0.25, 0.3) is 0 Å². The second-order valence-corrected chi connectivity index (χ2v) is 13.6. The maximum absolute atomic E-state index is 14.3. The van der Waals surface area contributed by atoms with Gasteiger partial charge in [-0.3, -0.25) is 9.59 Å². The molecule has 0 aliphatic heterocycles. The highest BCUT2D eigenvalue weighted by Gasteiger charge is 2.38. The van der Waals surface area contributed by atoms with E-state index in [9.17, 15) is 24.3 Å². The Kier molecular flexibility index (Phi) is 14.6. The van der Waals surface area contributed by atoms with Gasteiger partial charge in [-0.05, 0) is 66.5 Å². The van der Waals surface area contributed by atoms with Crippen molar-refractivity contribution in [3.05, 3.63) is 65.7 Å². The molecule has 3 unspecified atom stereocenters. The van der Waals surface area contributed by atoms with E-state index in [1.165, 1.54) is 17.9 Å². The summed E-state index contributed by atoms with van der Waals surface area (Å²) >= 11 is 0. The van der Waals surface area contributed by atoms with Crippen molar-refractivity contribution in [2.24, 2.45) is 0 Å². The number of amides is 3. The Morgan fingerprint density at radius 3 is 1.98 bits per heavy atom. The lowest BCUT2D eigenvalue weighted by Gasteiger charge is -2.35. The van der Waals surface area contributed by atoms with Crippen LogP contribution in [0.2, 0.25) is 0 Å². The molecule has 0 radical (unpaired) electrons. The number of hydrogen-bond acceptors (Lipinski definition) is 7. The number of ether oxygens (including phenoxy) is 2. The highest BCUT2D eigenvalue weighted by molar-refractivity contribution is 5.94. The summed E-state index contributed by atoms with van der Waals surface area (Å²) in [6.45, 7) is 14.2. The highest BCUT2D eigenvalue weighted by atomic mass is 16.6. The molecule has 0 heterocycles. The molecule has 46 heavy (non-hydrogen) atoms.